The van der Waals surface area contributed by atoms with E-state index >= 15 is 0 Å². The van der Waals surface area contributed by atoms with E-state index in [-0.39, 0.29) is 11.4 Å². The Labute approximate surface area is 189 Å². The Bertz CT molecular complexity index is 1190. The van der Waals surface area contributed by atoms with Crippen molar-refractivity contribution in [1.29, 1.82) is 0 Å². The maximum Gasteiger partial charge on any atom is 0.331 e. The van der Waals surface area contributed by atoms with E-state index < -0.39 is 28.5 Å². The summed E-state index contributed by atoms with van der Waals surface area (Å²) in [6, 6.07) is 15.7. The quantitative estimate of drug-likeness (QED) is 0.361. The first-order valence-corrected chi connectivity index (χ1v) is 11.2. The average molecular weight is 475 g/mol. The van der Waals surface area contributed by atoms with Gasteiger partial charge in [-0.15, -0.1) is 0 Å². The van der Waals surface area contributed by atoms with Crippen molar-refractivity contribution in [3.05, 3.63) is 89.3 Å². The molecule has 1 heterocycles. The molecule has 0 saturated heterocycles. The number of benzene rings is 2. The van der Waals surface area contributed by atoms with Crippen LogP contribution in [0.5, 0.6) is 0 Å². The zero-order chi connectivity index (χ0) is 23.0. The minimum Gasteiger partial charge on any atom is -0.468 e. The van der Waals surface area contributed by atoms with Crippen LogP contribution in [0.3, 0.4) is 0 Å². The Kier molecular flexibility index (Phi) is 7.82. The molecule has 2 N–H and O–H groups in total. The van der Waals surface area contributed by atoms with Gasteiger partial charge < -0.3 is 14.5 Å². The van der Waals surface area contributed by atoms with Crippen LogP contribution < -0.4 is 10.0 Å². The molecule has 3 rings (SSSR count). The summed E-state index contributed by atoms with van der Waals surface area (Å²) >= 11 is 5.77. The van der Waals surface area contributed by atoms with Crippen LogP contribution >= 0.6 is 11.6 Å². The number of hydrogen-bond donors (Lipinski definition) is 2. The standard InChI is InChI=1S/C22H19ClN2O6S/c23-17-6-8-18(9-7-17)25-21(26)15-31-22(27)12-5-16-3-10-20(11-4-16)32(28,29)24-14-19-2-1-13-30-19/h1-13,24H,14-15H2,(H,25,26)/b12-5+. The summed E-state index contributed by atoms with van der Waals surface area (Å²) in [6.45, 7) is -0.418. The van der Waals surface area contributed by atoms with Crippen molar-refractivity contribution >= 4 is 45.3 Å². The third-order valence-electron chi connectivity index (χ3n) is 4.09. The van der Waals surface area contributed by atoms with Crippen molar-refractivity contribution in [1.82, 2.24) is 4.72 Å². The number of nitrogens with one attached hydrogen (secondary N) is 2. The smallest absolute Gasteiger partial charge is 0.331 e. The predicted octanol–water partition coefficient (Wildman–Crippen LogP) is 3.61. The number of sulfonamides is 1. The highest BCUT2D eigenvalue weighted by atomic mass is 35.5. The molecular formula is C22H19ClN2O6S. The van der Waals surface area contributed by atoms with Crippen molar-refractivity contribution in [3.63, 3.8) is 0 Å². The topological polar surface area (TPSA) is 115 Å². The number of ether oxygens (including phenoxy) is 1. The normalized spacial score (nSPS) is 11.4. The molecule has 1 amide bonds. The van der Waals surface area contributed by atoms with E-state index in [2.05, 4.69) is 10.0 Å². The molecule has 32 heavy (non-hydrogen) atoms. The molecule has 0 spiro atoms. The SMILES string of the molecule is O=C(COC(=O)/C=C/c1ccc(S(=O)(=O)NCc2ccco2)cc1)Nc1ccc(Cl)cc1. The van der Waals surface area contributed by atoms with Crippen molar-refractivity contribution < 1.29 is 27.2 Å². The first-order chi connectivity index (χ1) is 15.3. The van der Waals surface area contributed by atoms with Gasteiger partial charge in [0.1, 0.15) is 5.76 Å². The minimum absolute atomic E-state index is 0.0361. The fourth-order valence-electron chi connectivity index (χ4n) is 2.50. The largest absolute Gasteiger partial charge is 0.468 e. The summed E-state index contributed by atoms with van der Waals surface area (Å²) in [6.07, 6.45) is 4.06. The van der Waals surface area contributed by atoms with E-state index in [0.717, 1.165) is 6.08 Å². The number of amides is 1. The van der Waals surface area contributed by atoms with Gasteiger partial charge in [-0.05, 0) is 60.2 Å². The summed E-state index contributed by atoms with van der Waals surface area (Å²) in [5.74, 6) is -0.716. The fourth-order valence-corrected chi connectivity index (χ4v) is 3.62. The minimum atomic E-state index is -3.71. The summed E-state index contributed by atoms with van der Waals surface area (Å²) in [7, 11) is -3.71. The maximum atomic E-state index is 12.3. The molecule has 0 aliphatic carbocycles. The lowest BCUT2D eigenvalue weighted by atomic mass is 10.2. The third-order valence-corrected chi connectivity index (χ3v) is 5.76. The Morgan fingerprint density at radius 1 is 1.03 bits per heavy atom. The van der Waals surface area contributed by atoms with Crippen LogP contribution in [0.25, 0.3) is 6.08 Å². The van der Waals surface area contributed by atoms with Gasteiger partial charge in [-0.2, -0.15) is 0 Å². The molecule has 166 valence electrons. The average Bonchev–Trinajstić information content (AvgIpc) is 3.31. The molecule has 3 aromatic rings. The van der Waals surface area contributed by atoms with Crippen molar-refractivity contribution in [2.75, 3.05) is 11.9 Å². The second-order valence-corrected chi connectivity index (χ2v) is 8.67. The van der Waals surface area contributed by atoms with Gasteiger partial charge in [0.15, 0.2) is 6.61 Å². The molecule has 0 unspecified atom stereocenters. The van der Waals surface area contributed by atoms with Gasteiger partial charge in [-0.3, -0.25) is 4.79 Å². The van der Waals surface area contributed by atoms with Crippen LogP contribution in [0.15, 0.2) is 82.3 Å². The summed E-state index contributed by atoms with van der Waals surface area (Å²) in [4.78, 5) is 23.7. The van der Waals surface area contributed by atoms with Gasteiger partial charge in [0, 0.05) is 16.8 Å². The second kappa shape index (κ2) is 10.8. The zero-order valence-corrected chi connectivity index (χ0v) is 18.2. The maximum absolute atomic E-state index is 12.3. The summed E-state index contributed by atoms with van der Waals surface area (Å²) in [5, 5.41) is 3.11. The molecule has 0 fully saturated rings. The second-order valence-electron chi connectivity index (χ2n) is 6.47. The molecule has 0 radical (unpaired) electrons. The molecule has 2 aromatic carbocycles. The molecule has 0 atom stereocenters. The number of rotatable bonds is 9. The van der Waals surface area contributed by atoms with Gasteiger partial charge in [-0.25, -0.2) is 17.9 Å². The molecule has 0 aliphatic rings. The fraction of sp³-hybridized carbons (Fsp3) is 0.0909. The van der Waals surface area contributed by atoms with Gasteiger partial charge >= 0.3 is 5.97 Å². The van der Waals surface area contributed by atoms with Crippen LogP contribution in [-0.2, 0) is 30.9 Å². The van der Waals surface area contributed by atoms with E-state index in [9.17, 15) is 18.0 Å². The van der Waals surface area contributed by atoms with E-state index in [1.165, 1.54) is 24.5 Å². The Hall–Kier alpha value is -3.40. The van der Waals surface area contributed by atoms with Crippen LogP contribution in [-0.4, -0.2) is 26.9 Å². The zero-order valence-electron chi connectivity index (χ0n) is 16.7. The molecule has 0 bridgehead atoms. The summed E-state index contributed by atoms with van der Waals surface area (Å²) < 4.78 is 37.0. The lowest BCUT2D eigenvalue weighted by Gasteiger charge is -2.06. The lowest BCUT2D eigenvalue weighted by Crippen LogP contribution is -2.22. The molecular weight excluding hydrogens is 456 g/mol. The van der Waals surface area contributed by atoms with E-state index in [0.29, 0.717) is 22.0 Å². The van der Waals surface area contributed by atoms with Crippen molar-refractivity contribution in [2.45, 2.75) is 11.4 Å². The highest BCUT2D eigenvalue weighted by Crippen LogP contribution is 2.14. The summed E-state index contributed by atoms with van der Waals surface area (Å²) in [5.41, 5.74) is 1.11. The monoisotopic (exact) mass is 474 g/mol. The lowest BCUT2D eigenvalue weighted by molar-refractivity contribution is -0.142. The molecule has 10 heteroatoms. The van der Waals surface area contributed by atoms with Gasteiger partial charge in [-0.1, -0.05) is 23.7 Å². The number of hydrogen-bond acceptors (Lipinski definition) is 6. The van der Waals surface area contributed by atoms with Crippen LogP contribution in [0, 0.1) is 0 Å². The number of carbonyl (C=O) groups excluding carboxylic acids is 2. The van der Waals surface area contributed by atoms with E-state index in [1.807, 2.05) is 0 Å². The number of esters is 1. The molecule has 1 aromatic heterocycles. The Morgan fingerprint density at radius 2 is 1.75 bits per heavy atom. The van der Waals surface area contributed by atoms with E-state index in [1.54, 1.807) is 48.5 Å². The molecule has 8 nitrogen and oxygen atoms in total. The number of furan rings is 1. The number of halogens is 1. The van der Waals surface area contributed by atoms with Crippen LogP contribution in [0.1, 0.15) is 11.3 Å². The van der Waals surface area contributed by atoms with Crippen molar-refractivity contribution in [3.8, 4) is 0 Å². The van der Waals surface area contributed by atoms with Gasteiger partial charge in [0.2, 0.25) is 10.0 Å². The van der Waals surface area contributed by atoms with Crippen LogP contribution in [0.4, 0.5) is 5.69 Å². The van der Waals surface area contributed by atoms with Crippen LogP contribution in [0.2, 0.25) is 5.02 Å². The molecule has 0 aliphatic heterocycles. The highest BCUT2D eigenvalue weighted by Gasteiger charge is 2.14. The Balaban J connectivity index is 1.47. The number of carbonyl (C=O) groups is 2. The predicted molar refractivity (Wildman–Crippen MR) is 119 cm³/mol. The third kappa shape index (κ3) is 7.09. The highest BCUT2D eigenvalue weighted by molar-refractivity contribution is 7.89. The first kappa shape index (κ1) is 23.3. The Morgan fingerprint density at radius 3 is 2.41 bits per heavy atom. The van der Waals surface area contributed by atoms with Crippen molar-refractivity contribution in [2.24, 2.45) is 0 Å². The first-order valence-electron chi connectivity index (χ1n) is 9.34. The molecule has 0 saturated carbocycles. The number of anilines is 1. The van der Waals surface area contributed by atoms with E-state index in [4.69, 9.17) is 20.8 Å². The van der Waals surface area contributed by atoms with Gasteiger partial charge in [0.25, 0.3) is 5.91 Å². The van der Waals surface area contributed by atoms with Gasteiger partial charge in [0.05, 0.1) is 17.7 Å².